The van der Waals surface area contributed by atoms with Crippen molar-refractivity contribution in [3.05, 3.63) is 75.8 Å². The van der Waals surface area contributed by atoms with Gasteiger partial charge in [-0.1, -0.05) is 31.2 Å². The summed E-state index contributed by atoms with van der Waals surface area (Å²) in [5.41, 5.74) is 5.79. The van der Waals surface area contributed by atoms with Crippen LogP contribution in [-0.4, -0.2) is 35.4 Å². The van der Waals surface area contributed by atoms with Crippen molar-refractivity contribution in [2.24, 2.45) is 0 Å². The number of likely N-dealkylation sites (N-methyl/N-ethyl adjacent to an activating group) is 1. The van der Waals surface area contributed by atoms with Crippen molar-refractivity contribution >= 4 is 28.1 Å². The molecule has 3 heterocycles. The maximum Gasteiger partial charge on any atom is 0.257 e. The zero-order valence-corrected chi connectivity index (χ0v) is 18.0. The number of amides is 1. The minimum atomic E-state index is -0.0935. The van der Waals surface area contributed by atoms with Crippen LogP contribution >= 0.6 is 11.3 Å². The molecule has 6 heteroatoms. The maximum absolute atomic E-state index is 12.7. The second-order valence-corrected chi connectivity index (χ2v) is 9.03. The number of hydrogen-bond acceptors (Lipinski definition) is 5. The van der Waals surface area contributed by atoms with E-state index in [1.807, 2.05) is 12.1 Å². The Balaban J connectivity index is 1.25. The molecule has 1 aromatic heterocycles. The quantitative estimate of drug-likeness (QED) is 0.685. The molecule has 1 N–H and O–H groups in total. The Hall–Kier alpha value is -2.70. The molecule has 0 spiro atoms. The first kappa shape index (κ1) is 19.3. The lowest BCUT2D eigenvalue weighted by atomic mass is 9.99. The molecule has 0 radical (unpaired) electrons. The lowest BCUT2D eigenvalue weighted by molar-refractivity contribution is 0.102. The molecule has 0 saturated carbocycles. The van der Waals surface area contributed by atoms with Gasteiger partial charge in [0.2, 0.25) is 0 Å². The lowest BCUT2D eigenvalue weighted by Crippen LogP contribution is -2.30. The number of nitrogens with zero attached hydrogens (tertiary/aromatic N) is 3. The van der Waals surface area contributed by atoms with Gasteiger partial charge in [0.05, 0.1) is 5.69 Å². The highest BCUT2D eigenvalue weighted by atomic mass is 32.1. The first-order valence-corrected chi connectivity index (χ1v) is 11.5. The average Bonchev–Trinajstić information content (AvgIpc) is 3.20. The number of carbonyl (C=O) groups is 1. The Morgan fingerprint density at radius 2 is 1.83 bits per heavy atom. The summed E-state index contributed by atoms with van der Waals surface area (Å²) in [6.45, 7) is 7.13. The van der Waals surface area contributed by atoms with Crippen molar-refractivity contribution in [1.82, 2.24) is 9.88 Å². The topological polar surface area (TPSA) is 48.5 Å². The van der Waals surface area contributed by atoms with Crippen molar-refractivity contribution in [2.45, 2.75) is 32.9 Å². The van der Waals surface area contributed by atoms with Crippen molar-refractivity contribution in [2.75, 3.05) is 29.9 Å². The van der Waals surface area contributed by atoms with Crippen LogP contribution < -0.4 is 10.2 Å². The van der Waals surface area contributed by atoms with Crippen LogP contribution in [0.2, 0.25) is 0 Å². The van der Waals surface area contributed by atoms with Crippen molar-refractivity contribution in [3.8, 4) is 0 Å². The monoisotopic (exact) mass is 418 g/mol. The number of nitrogens with one attached hydrogen (secondary N) is 1. The van der Waals surface area contributed by atoms with Gasteiger partial charge in [0.15, 0.2) is 5.13 Å². The normalized spacial score (nSPS) is 16.1. The van der Waals surface area contributed by atoms with Crippen LogP contribution in [0.4, 0.5) is 10.8 Å². The minimum Gasteiger partial charge on any atom is -0.367 e. The van der Waals surface area contributed by atoms with Crippen LogP contribution in [0.5, 0.6) is 0 Å². The summed E-state index contributed by atoms with van der Waals surface area (Å²) in [4.78, 5) is 23.4. The molecule has 0 unspecified atom stereocenters. The maximum atomic E-state index is 12.7. The van der Waals surface area contributed by atoms with E-state index in [0.717, 1.165) is 56.9 Å². The number of rotatable bonds is 4. The molecule has 30 heavy (non-hydrogen) atoms. The predicted molar refractivity (Wildman–Crippen MR) is 122 cm³/mol. The van der Waals surface area contributed by atoms with E-state index in [4.69, 9.17) is 0 Å². The van der Waals surface area contributed by atoms with Crippen LogP contribution in [0.1, 0.15) is 39.0 Å². The predicted octanol–water partition coefficient (Wildman–Crippen LogP) is 4.34. The molecule has 0 fully saturated rings. The fraction of sp³-hybridized carbons (Fsp3) is 0.333. The van der Waals surface area contributed by atoms with E-state index in [2.05, 4.69) is 63.4 Å². The van der Waals surface area contributed by atoms with Crippen LogP contribution in [0, 0.1) is 0 Å². The van der Waals surface area contributed by atoms with E-state index in [9.17, 15) is 4.79 Å². The molecule has 5 nitrogen and oxygen atoms in total. The number of hydrogen-bond donors (Lipinski definition) is 1. The molecule has 0 atom stereocenters. The summed E-state index contributed by atoms with van der Waals surface area (Å²) in [7, 11) is 0. The fourth-order valence-corrected chi connectivity index (χ4v) is 5.33. The van der Waals surface area contributed by atoms with E-state index < -0.39 is 0 Å². The van der Waals surface area contributed by atoms with Gasteiger partial charge in [-0.2, -0.15) is 0 Å². The number of anilines is 2. The largest absolute Gasteiger partial charge is 0.367 e. The molecule has 3 aromatic rings. The Labute approximate surface area is 181 Å². The third kappa shape index (κ3) is 3.85. The van der Waals surface area contributed by atoms with E-state index in [1.54, 1.807) is 11.3 Å². The molecule has 2 aliphatic rings. The van der Waals surface area contributed by atoms with Crippen LogP contribution in [0.25, 0.3) is 0 Å². The lowest BCUT2D eigenvalue weighted by Gasteiger charge is -2.30. The number of thiazole rings is 1. The second kappa shape index (κ2) is 8.20. The highest BCUT2D eigenvalue weighted by molar-refractivity contribution is 7.15. The number of fused-ring (bicyclic) bond motifs is 2. The molecular formula is C24H26N4OS. The van der Waals surface area contributed by atoms with Gasteiger partial charge in [0.1, 0.15) is 0 Å². The molecular weight excluding hydrogens is 392 g/mol. The highest BCUT2D eigenvalue weighted by Crippen LogP contribution is 2.29. The van der Waals surface area contributed by atoms with Gasteiger partial charge in [-0.15, -0.1) is 11.3 Å². The summed E-state index contributed by atoms with van der Waals surface area (Å²) in [6.07, 6.45) is 2.02. The molecule has 0 saturated heterocycles. The highest BCUT2D eigenvalue weighted by Gasteiger charge is 2.21. The molecule has 154 valence electrons. The van der Waals surface area contributed by atoms with Crippen molar-refractivity contribution in [1.29, 1.82) is 0 Å². The molecule has 0 bridgehead atoms. The summed E-state index contributed by atoms with van der Waals surface area (Å²) in [5, 5.41) is 3.70. The fourth-order valence-electron chi connectivity index (χ4n) is 4.28. The first-order valence-electron chi connectivity index (χ1n) is 10.6. The number of carbonyl (C=O) groups excluding carboxylic acids is 1. The summed E-state index contributed by atoms with van der Waals surface area (Å²) >= 11 is 1.60. The zero-order chi connectivity index (χ0) is 20.5. The Bertz CT molecular complexity index is 1060. The third-order valence-electron chi connectivity index (χ3n) is 6.10. The molecule has 0 aliphatic carbocycles. The molecule has 5 rings (SSSR count). The molecule has 2 aromatic carbocycles. The van der Waals surface area contributed by atoms with Gasteiger partial charge < -0.3 is 4.90 Å². The standard InChI is InChI=1S/C24H26N4OS/c1-2-27-13-12-21-22(16-27)30-24(25-21)26-23(29)18-7-9-20(10-8-18)28-14-11-17-5-3-4-6-19(17)15-28/h3-10H,2,11-16H2,1H3,(H,25,26,29). The average molecular weight is 419 g/mol. The van der Waals surface area contributed by atoms with Gasteiger partial charge in [0, 0.05) is 48.7 Å². The zero-order valence-electron chi connectivity index (χ0n) is 17.2. The third-order valence-corrected chi connectivity index (χ3v) is 7.10. The smallest absolute Gasteiger partial charge is 0.257 e. The van der Waals surface area contributed by atoms with Crippen molar-refractivity contribution < 1.29 is 4.79 Å². The van der Waals surface area contributed by atoms with Gasteiger partial charge in [-0.05, 0) is 48.4 Å². The first-order chi connectivity index (χ1) is 14.7. The van der Waals surface area contributed by atoms with E-state index in [1.165, 1.54) is 16.0 Å². The van der Waals surface area contributed by atoms with Gasteiger partial charge in [-0.25, -0.2) is 4.98 Å². The SMILES string of the molecule is CCN1CCc2nc(NC(=O)c3ccc(N4CCc5ccccc5C4)cc3)sc2C1. The summed E-state index contributed by atoms with van der Waals surface area (Å²) in [6, 6.07) is 16.6. The number of benzene rings is 2. The molecule has 1 amide bonds. The Kier molecular flexibility index (Phi) is 5.27. The summed E-state index contributed by atoms with van der Waals surface area (Å²) < 4.78 is 0. The summed E-state index contributed by atoms with van der Waals surface area (Å²) in [5.74, 6) is -0.0935. The van der Waals surface area contributed by atoms with Gasteiger partial charge in [0.25, 0.3) is 5.91 Å². The van der Waals surface area contributed by atoms with Crippen LogP contribution in [-0.2, 0) is 25.9 Å². The van der Waals surface area contributed by atoms with E-state index in [0.29, 0.717) is 10.7 Å². The van der Waals surface area contributed by atoms with E-state index >= 15 is 0 Å². The minimum absolute atomic E-state index is 0.0935. The van der Waals surface area contributed by atoms with Crippen LogP contribution in [0.15, 0.2) is 48.5 Å². The van der Waals surface area contributed by atoms with Gasteiger partial charge in [-0.3, -0.25) is 15.0 Å². The number of aromatic nitrogens is 1. The second-order valence-electron chi connectivity index (χ2n) is 7.95. The van der Waals surface area contributed by atoms with Crippen LogP contribution in [0.3, 0.4) is 0 Å². The van der Waals surface area contributed by atoms with Crippen molar-refractivity contribution in [3.63, 3.8) is 0 Å². The molecule has 2 aliphatic heterocycles. The Morgan fingerprint density at radius 1 is 1.03 bits per heavy atom. The Morgan fingerprint density at radius 3 is 2.63 bits per heavy atom. The van der Waals surface area contributed by atoms with Gasteiger partial charge >= 0.3 is 0 Å². The van der Waals surface area contributed by atoms with E-state index in [-0.39, 0.29) is 5.91 Å².